The van der Waals surface area contributed by atoms with Gasteiger partial charge in [-0.2, -0.15) is 0 Å². The van der Waals surface area contributed by atoms with Crippen LogP contribution in [0.5, 0.6) is 0 Å². The lowest BCUT2D eigenvalue weighted by molar-refractivity contribution is -0.118. The first-order valence-corrected chi connectivity index (χ1v) is 9.26. The molecule has 1 atom stereocenters. The van der Waals surface area contributed by atoms with Gasteiger partial charge >= 0.3 is 0 Å². The molecule has 2 heteroatoms. The molecular weight excluding hydrogens is 282 g/mol. The quantitative estimate of drug-likeness (QED) is 0.663. The molecule has 2 aromatic rings. The lowest BCUT2D eigenvalue weighted by Crippen LogP contribution is -2.17. The van der Waals surface area contributed by atoms with Crippen LogP contribution in [0, 0.1) is 6.92 Å². The second-order valence-corrected chi connectivity index (χ2v) is 5.63. The Labute approximate surface area is 141 Å². The Morgan fingerprint density at radius 1 is 1.22 bits per heavy atom. The molecule has 23 heavy (non-hydrogen) atoms. The first-order chi connectivity index (χ1) is 11.1. The number of aromatic nitrogens is 1. The third-order valence-corrected chi connectivity index (χ3v) is 4.51. The van der Waals surface area contributed by atoms with Crippen molar-refractivity contribution in [3.8, 4) is 0 Å². The zero-order chi connectivity index (χ0) is 17.6. The minimum Gasteiger partial charge on any atom is -0.345 e. The van der Waals surface area contributed by atoms with Gasteiger partial charge in [-0.1, -0.05) is 39.8 Å². The number of hydrogen-bond acceptors (Lipinski definition) is 1. The van der Waals surface area contributed by atoms with E-state index < -0.39 is 0 Å². The summed E-state index contributed by atoms with van der Waals surface area (Å²) < 4.78 is 2.41. The van der Waals surface area contributed by atoms with E-state index in [1.54, 1.807) is 6.92 Å². The van der Waals surface area contributed by atoms with E-state index in [-0.39, 0.29) is 5.92 Å². The van der Waals surface area contributed by atoms with E-state index in [2.05, 4.69) is 36.6 Å². The lowest BCUT2D eigenvalue weighted by atomic mass is 9.82. The monoisotopic (exact) mass is 315 g/mol. The van der Waals surface area contributed by atoms with Gasteiger partial charge in [-0.15, -0.1) is 0 Å². The van der Waals surface area contributed by atoms with Gasteiger partial charge in [0.2, 0.25) is 0 Å². The summed E-state index contributed by atoms with van der Waals surface area (Å²) in [6, 6.07) is 6.48. The highest BCUT2D eigenvalue weighted by atomic mass is 16.1. The Bertz CT molecular complexity index is 651. The fraction of sp³-hybridized carbons (Fsp3) is 0.571. The van der Waals surface area contributed by atoms with E-state index in [1.165, 1.54) is 27.7 Å². The molecule has 0 aliphatic heterocycles. The van der Waals surface area contributed by atoms with Gasteiger partial charge < -0.3 is 4.57 Å². The number of rotatable bonds is 2. The molecule has 0 saturated carbocycles. The summed E-state index contributed by atoms with van der Waals surface area (Å²) in [5.74, 6) is 0.430. The number of nitrogens with zero attached hydrogens (tertiary/aromatic N) is 1. The number of carbonyl (C=O) groups is 1. The zero-order valence-corrected chi connectivity index (χ0v) is 16.0. The fourth-order valence-corrected chi connectivity index (χ4v) is 3.69. The molecule has 3 rings (SSSR count). The number of Topliss-reactive ketones (excluding diaryl/α,β-unsaturated/α-hetero) is 1. The van der Waals surface area contributed by atoms with E-state index >= 15 is 0 Å². The molecule has 1 aromatic carbocycles. The normalized spacial score (nSPS) is 15.9. The zero-order valence-electron chi connectivity index (χ0n) is 16.0. The summed E-state index contributed by atoms with van der Waals surface area (Å²) in [5.41, 5.74) is 5.33. The molecule has 0 bridgehead atoms. The van der Waals surface area contributed by atoms with E-state index in [4.69, 9.17) is 0 Å². The van der Waals surface area contributed by atoms with Crippen LogP contribution in [0.2, 0.25) is 0 Å². The topological polar surface area (TPSA) is 22.0 Å². The van der Waals surface area contributed by atoms with Crippen molar-refractivity contribution in [1.82, 2.24) is 4.57 Å². The van der Waals surface area contributed by atoms with Gasteiger partial charge in [0.25, 0.3) is 0 Å². The van der Waals surface area contributed by atoms with E-state index in [0.717, 1.165) is 25.8 Å². The highest BCUT2D eigenvalue weighted by molar-refractivity contribution is 5.95. The summed E-state index contributed by atoms with van der Waals surface area (Å²) in [4.78, 5) is 12.0. The van der Waals surface area contributed by atoms with Crippen LogP contribution in [0.15, 0.2) is 18.2 Å². The Kier molecular flexibility index (Phi) is 7.54. The maximum Gasteiger partial charge on any atom is 0.137 e. The summed E-state index contributed by atoms with van der Waals surface area (Å²) >= 11 is 0. The Balaban J connectivity index is 0.000000615. The standard InChI is InChI=1S/C17H21NO.2C2H6/c1-4-18-14-9-5-7-11(2)16(14)17-13(12(3)19)8-6-10-15(17)18;2*1-2/h5,7,9,13H,4,6,8,10H2,1-3H3;2*1-2H3. The molecule has 0 radical (unpaired) electrons. The SMILES string of the molecule is CC.CC.CCn1c2c(c3c(C)cccc31)C(C(C)=O)CCC2. The lowest BCUT2D eigenvalue weighted by Gasteiger charge is -2.22. The van der Waals surface area contributed by atoms with Gasteiger partial charge in [0.1, 0.15) is 5.78 Å². The maximum absolute atomic E-state index is 12.0. The number of ketones is 1. The molecule has 0 amide bonds. The van der Waals surface area contributed by atoms with Gasteiger partial charge in [-0.05, 0) is 57.2 Å². The van der Waals surface area contributed by atoms with Crippen molar-refractivity contribution in [3.63, 3.8) is 0 Å². The second-order valence-electron chi connectivity index (χ2n) is 5.63. The second kappa shape index (κ2) is 8.90. The van der Waals surface area contributed by atoms with Crippen LogP contribution >= 0.6 is 0 Å². The van der Waals surface area contributed by atoms with Crippen molar-refractivity contribution in [2.24, 2.45) is 0 Å². The van der Waals surface area contributed by atoms with Crippen LogP contribution in [-0.4, -0.2) is 10.4 Å². The Morgan fingerprint density at radius 3 is 2.43 bits per heavy atom. The van der Waals surface area contributed by atoms with Crippen LogP contribution in [0.3, 0.4) is 0 Å². The first-order valence-electron chi connectivity index (χ1n) is 9.26. The predicted molar refractivity (Wildman–Crippen MR) is 101 cm³/mol. The number of carbonyl (C=O) groups excluding carboxylic acids is 1. The fourth-order valence-electron chi connectivity index (χ4n) is 3.69. The molecule has 1 aliphatic rings. The summed E-state index contributed by atoms with van der Waals surface area (Å²) in [7, 11) is 0. The molecule has 0 fully saturated rings. The molecular formula is C21H33NO. The molecule has 0 saturated heterocycles. The van der Waals surface area contributed by atoms with Gasteiger partial charge in [0, 0.05) is 29.1 Å². The average molecular weight is 316 g/mol. The van der Waals surface area contributed by atoms with E-state index in [1.807, 2.05) is 27.7 Å². The Hall–Kier alpha value is -1.57. The number of hydrogen-bond donors (Lipinski definition) is 0. The van der Waals surface area contributed by atoms with E-state index in [9.17, 15) is 4.79 Å². The molecule has 0 spiro atoms. The first kappa shape index (κ1) is 19.5. The van der Waals surface area contributed by atoms with Crippen molar-refractivity contribution in [2.45, 2.75) is 80.2 Å². The molecule has 1 aliphatic carbocycles. The molecule has 1 aromatic heterocycles. The largest absolute Gasteiger partial charge is 0.345 e. The van der Waals surface area contributed by atoms with Crippen LogP contribution in [0.4, 0.5) is 0 Å². The number of fused-ring (bicyclic) bond motifs is 3. The molecule has 128 valence electrons. The van der Waals surface area contributed by atoms with Crippen molar-refractivity contribution >= 4 is 16.7 Å². The van der Waals surface area contributed by atoms with Gasteiger partial charge in [0.05, 0.1) is 0 Å². The molecule has 1 heterocycles. The van der Waals surface area contributed by atoms with Crippen molar-refractivity contribution in [3.05, 3.63) is 35.0 Å². The molecule has 1 unspecified atom stereocenters. The highest BCUT2D eigenvalue weighted by Crippen LogP contribution is 2.40. The summed E-state index contributed by atoms with van der Waals surface area (Å²) in [6.45, 7) is 15.1. The van der Waals surface area contributed by atoms with Crippen molar-refractivity contribution in [2.75, 3.05) is 0 Å². The summed E-state index contributed by atoms with van der Waals surface area (Å²) in [5, 5.41) is 1.33. The molecule has 2 nitrogen and oxygen atoms in total. The van der Waals surface area contributed by atoms with Crippen LogP contribution < -0.4 is 0 Å². The van der Waals surface area contributed by atoms with Crippen molar-refractivity contribution < 1.29 is 4.79 Å². The van der Waals surface area contributed by atoms with Crippen LogP contribution in [0.25, 0.3) is 10.9 Å². The Morgan fingerprint density at radius 2 is 1.87 bits per heavy atom. The number of benzene rings is 1. The van der Waals surface area contributed by atoms with E-state index in [0.29, 0.717) is 5.78 Å². The van der Waals surface area contributed by atoms with Gasteiger partial charge in [0.15, 0.2) is 0 Å². The smallest absolute Gasteiger partial charge is 0.137 e. The third kappa shape index (κ3) is 3.52. The van der Waals surface area contributed by atoms with Crippen molar-refractivity contribution in [1.29, 1.82) is 0 Å². The summed E-state index contributed by atoms with van der Waals surface area (Å²) in [6.07, 6.45) is 3.26. The van der Waals surface area contributed by atoms with Gasteiger partial charge in [-0.25, -0.2) is 0 Å². The minimum atomic E-state index is 0.111. The number of aryl methyl sites for hydroxylation is 2. The maximum atomic E-state index is 12.0. The molecule has 0 N–H and O–H groups in total. The third-order valence-electron chi connectivity index (χ3n) is 4.51. The van der Waals surface area contributed by atoms with Gasteiger partial charge in [-0.3, -0.25) is 4.79 Å². The minimum absolute atomic E-state index is 0.111. The average Bonchev–Trinajstić information content (AvgIpc) is 2.93. The van der Waals surface area contributed by atoms with Crippen LogP contribution in [0.1, 0.15) is 77.1 Å². The predicted octanol–water partition coefficient (Wildman–Crippen LogP) is 6.03. The highest BCUT2D eigenvalue weighted by Gasteiger charge is 2.30. The van der Waals surface area contributed by atoms with Crippen LogP contribution in [-0.2, 0) is 17.8 Å².